The summed E-state index contributed by atoms with van der Waals surface area (Å²) in [7, 11) is 0. The SMILES string of the molecule is CC(C)(C)OC(=O)N1CCc2[nH]nc(NC(=O)NCCc3ccccc3)c2C1. The normalized spacial score (nSPS) is 13.6. The molecule has 0 aliphatic carbocycles. The summed E-state index contributed by atoms with van der Waals surface area (Å²) in [5.74, 6) is 0.445. The van der Waals surface area contributed by atoms with Crippen LogP contribution in [-0.2, 0) is 24.1 Å². The third-order valence-electron chi connectivity index (χ3n) is 4.36. The van der Waals surface area contributed by atoms with Crippen LogP contribution in [0.5, 0.6) is 0 Å². The van der Waals surface area contributed by atoms with Crippen LogP contribution in [0.25, 0.3) is 0 Å². The Labute approximate surface area is 164 Å². The molecule has 3 amide bonds. The number of hydrogen-bond acceptors (Lipinski definition) is 4. The van der Waals surface area contributed by atoms with E-state index in [0.29, 0.717) is 31.9 Å². The number of nitrogens with one attached hydrogen (secondary N) is 3. The topological polar surface area (TPSA) is 99.3 Å². The maximum atomic E-state index is 12.3. The number of H-pyrrole nitrogens is 1. The van der Waals surface area contributed by atoms with E-state index in [1.165, 1.54) is 0 Å². The maximum Gasteiger partial charge on any atom is 0.410 e. The number of fused-ring (bicyclic) bond motifs is 1. The first-order valence-corrected chi connectivity index (χ1v) is 9.44. The van der Waals surface area contributed by atoms with E-state index < -0.39 is 5.60 Å². The van der Waals surface area contributed by atoms with Gasteiger partial charge in [-0.1, -0.05) is 30.3 Å². The zero-order valence-corrected chi connectivity index (χ0v) is 16.5. The molecule has 2 heterocycles. The molecule has 0 bridgehead atoms. The first-order chi connectivity index (χ1) is 13.3. The van der Waals surface area contributed by atoms with Crippen molar-refractivity contribution in [2.24, 2.45) is 0 Å². The number of urea groups is 1. The number of anilines is 1. The first kappa shape index (κ1) is 19.7. The Morgan fingerprint density at radius 3 is 2.71 bits per heavy atom. The van der Waals surface area contributed by atoms with Crippen molar-refractivity contribution < 1.29 is 14.3 Å². The third kappa shape index (κ3) is 5.25. The van der Waals surface area contributed by atoms with Gasteiger partial charge >= 0.3 is 12.1 Å². The fourth-order valence-corrected chi connectivity index (χ4v) is 3.00. The van der Waals surface area contributed by atoms with Gasteiger partial charge in [0.1, 0.15) is 5.60 Å². The van der Waals surface area contributed by atoms with Crippen LogP contribution < -0.4 is 10.6 Å². The molecular weight excluding hydrogens is 358 g/mol. The van der Waals surface area contributed by atoms with E-state index in [1.54, 1.807) is 4.90 Å². The highest BCUT2D eigenvalue weighted by Gasteiger charge is 2.29. The van der Waals surface area contributed by atoms with Gasteiger partial charge in [-0.25, -0.2) is 9.59 Å². The Kier molecular flexibility index (Phi) is 5.87. The lowest BCUT2D eigenvalue weighted by atomic mass is 10.1. The minimum atomic E-state index is -0.548. The number of aromatic nitrogens is 2. The van der Waals surface area contributed by atoms with Gasteiger partial charge in [0.15, 0.2) is 5.82 Å². The third-order valence-corrected chi connectivity index (χ3v) is 4.36. The van der Waals surface area contributed by atoms with Crippen molar-refractivity contribution in [1.29, 1.82) is 0 Å². The summed E-state index contributed by atoms with van der Waals surface area (Å²) >= 11 is 0. The van der Waals surface area contributed by atoms with E-state index >= 15 is 0 Å². The molecule has 0 spiro atoms. The zero-order valence-electron chi connectivity index (χ0n) is 16.5. The van der Waals surface area contributed by atoms with Gasteiger partial charge in [0.05, 0.1) is 6.54 Å². The van der Waals surface area contributed by atoms with Crippen LogP contribution in [0, 0.1) is 0 Å². The van der Waals surface area contributed by atoms with Crippen LogP contribution >= 0.6 is 0 Å². The number of rotatable bonds is 4. The molecule has 1 aromatic heterocycles. The molecule has 0 saturated heterocycles. The van der Waals surface area contributed by atoms with Gasteiger partial charge in [-0.2, -0.15) is 5.10 Å². The average Bonchev–Trinajstić information content (AvgIpc) is 3.03. The lowest BCUT2D eigenvalue weighted by Gasteiger charge is -2.30. The maximum absolute atomic E-state index is 12.3. The Morgan fingerprint density at radius 2 is 2.00 bits per heavy atom. The second-order valence-corrected chi connectivity index (χ2v) is 7.80. The molecule has 8 nitrogen and oxygen atoms in total. The van der Waals surface area contributed by atoms with E-state index in [9.17, 15) is 9.59 Å². The second-order valence-electron chi connectivity index (χ2n) is 7.80. The van der Waals surface area contributed by atoms with Gasteiger partial charge in [-0.3, -0.25) is 10.4 Å². The van der Waals surface area contributed by atoms with Crippen molar-refractivity contribution in [1.82, 2.24) is 20.4 Å². The molecular formula is C20H27N5O3. The smallest absolute Gasteiger partial charge is 0.410 e. The quantitative estimate of drug-likeness (QED) is 0.753. The fourth-order valence-electron chi connectivity index (χ4n) is 3.00. The molecule has 28 heavy (non-hydrogen) atoms. The second kappa shape index (κ2) is 8.33. The molecule has 1 aliphatic heterocycles. The summed E-state index contributed by atoms with van der Waals surface area (Å²) in [4.78, 5) is 26.2. The van der Waals surface area contributed by atoms with E-state index in [0.717, 1.165) is 23.2 Å². The molecule has 1 aromatic carbocycles. The Morgan fingerprint density at radius 1 is 1.25 bits per heavy atom. The van der Waals surface area contributed by atoms with E-state index in [-0.39, 0.29) is 12.1 Å². The highest BCUT2D eigenvalue weighted by Crippen LogP contribution is 2.25. The van der Waals surface area contributed by atoms with Crippen molar-refractivity contribution in [3.8, 4) is 0 Å². The largest absolute Gasteiger partial charge is 0.444 e. The van der Waals surface area contributed by atoms with Crippen molar-refractivity contribution >= 4 is 17.9 Å². The Balaban J connectivity index is 1.54. The van der Waals surface area contributed by atoms with Crippen LogP contribution in [0.2, 0.25) is 0 Å². The van der Waals surface area contributed by atoms with Crippen LogP contribution in [0.15, 0.2) is 30.3 Å². The first-order valence-electron chi connectivity index (χ1n) is 9.44. The predicted octanol–water partition coefficient (Wildman–Crippen LogP) is 3.07. The average molecular weight is 385 g/mol. The number of amides is 3. The van der Waals surface area contributed by atoms with Gasteiger partial charge in [0.25, 0.3) is 0 Å². The molecule has 3 rings (SSSR count). The molecule has 0 saturated carbocycles. The van der Waals surface area contributed by atoms with Crippen molar-refractivity contribution in [3.05, 3.63) is 47.2 Å². The standard InChI is InChI=1S/C20H27N5O3/c1-20(2,3)28-19(27)25-12-10-16-15(13-25)17(24-23-16)22-18(26)21-11-9-14-7-5-4-6-8-14/h4-8H,9-13H2,1-3H3,(H3,21,22,23,24,26). The summed E-state index contributed by atoms with van der Waals surface area (Å²) < 4.78 is 5.44. The minimum Gasteiger partial charge on any atom is -0.444 e. The number of aromatic amines is 1. The van der Waals surface area contributed by atoms with Crippen LogP contribution in [-0.4, -0.2) is 45.9 Å². The molecule has 0 fully saturated rings. The summed E-state index contributed by atoms with van der Waals surface area (Å²) in [6, 6.07) is 9.64. The minimum absolute atomic E-state index is 0.320. The highest BCUT2D eigenvalue weighted by molar-refractivity contribution is 5.89. The van der Waals surface area contributed by atoms with Gasteiger partial charge in [0, 0.05) is 30.8 Å². The molecule has 1 aliphatic rings. The summed E-state index contributed by atoms with van der Waals surface area (Å²) in [6.45, 7) is 6.93. The molecule has 3 N–H and O–H groups in total. The number of carbonyl (C=O) groups is 2. The molecule has 8 heteroatoms. The zero-order chi connectivity index (χ0) is 20.1. The van der Waals surface area contributed by atoms with Gasteiger partial charge in [-0.15, -0.1) is 0 Å². The van der Waals surface area contributed by atoms with Gasteiger partial charge in [0.2, 0.25) is 0 Å². The van der Waals surface area contributed by atoms with Gasteiger partial charge < -0.3 is 15.0 Å². The molecule has 2 aromatic rings. The lowest BCUT2D eigenvalue weighted by molar-refractivity contribution is 0.0224. The predicted molar refractivity (Wildman–Crippen MR) is 106 cm³/mol. The fraction of sp³-hybridized carbons (Fsp3) is 0.450. The van der Waals surface area contributed by atoms with Crippen LogP contribution in [0.3, 0.4) is 0 Å². The number of nitrogens with zero attached hydrogens (tertiary/aromatic N) is 2. The van der Waals surface area contributed by atoms with E-state index in [4.69, 9.17) is 4.74 Å². The van der Waals surface area contributed by atoms with Crippen molar-refractivity contribution in [2.45, 2.75) is 45.8 Å². The summed E-state index contributed by atoms with van der Waals surface area (Å²) in [6.07, 6.45) is 1.02. The molecule has 0 radical (unpaired) electrons. The van der Waals surface area contributed by atoms with E-state index in [1.807, 2.05) is 51.1 Å². The van der Waals surface area contributed by atoms with Crippen LogP contribution in [0.1, 0.15) is 37.6 Å². The van der Waals surface area contributed by atoms with Crippen molar-refractivity contribution in [3.63, 3.8) is 0 Å². The number of hydrogen-bond donors (Lipinski definition) is 3. The van der Waals surface area contributed by atoms with Gasteiger partial charge in [-0.05, 0) is 32.8 Å². The Bertz CT molecular complexity index is 826. The van der Waals surface area contributed by atoms with Crippen molar-refractivity contribution in [2.75, 3.05) is 18.4 Å². The Hall–Kier alpha value is -3.03. The monoisotopic (exact) mass is 385 g/mol. The molecule has 150 valence electrons. The van der Waals surface area contributed by atoms with E-state index in [2.05, 4.69) is 20.8 Å². The summed E-state index contributed by atoms with van der Waals surface area (Å²) in [5.41, 5.74) is 2.36. The summed E-state index contributed by atoms with van der Waals surface area (Å²) in [5, 5.41) is 12.8. The number of ether oxygens (including phenoxy) is 1. The highest BCUT2D eigenvalue weighted by atomic mass is 16.6. The molecule has 0 atom stereocenters. The number of benzene rings is 1. The lowest BCUT2D eigenvalue weighted by Crippen LogP contribution is -2.40. The molecule has 0 unspecified atom stereocenters. The number of carbonyl (C=O) groups excluding carboxylic acids is 2. The van der Waals surface area contributed by atoms with Crippen LogP contribution in [0.4, 0.5) is 15.4 Å².